The van der Waals surface area contributed by atoms with Crippen LogP contribution in [-0.4, -0.2) is 21.0 Å². The van der Waals surface area contributed by atoms with Crippen LogP contribution in [0.4, 0.5) is 5.69 Å². The van der Waals surface area contributed by atoms with Crippen LogP contribution >= 0.6 is 11.6 Å². The quantitative estimate of drug-likeness (QED) is 0.294. The van der Waals surface area contributed by atoms with Crippen molar-refractivity contribution < 1.29 is 14.9 Å². The zero-order valence-electron chi connectivity index (χ0n) is 10.4. The van der Waals surface area contributed by atoms with Gasteiger partial charge in [-0.25, -0.2) is 4.98 Å². The first-order chi connectivity index (χ1) is 10.0. The maximum absolute atomic E-state index is 11.0. The number of ether oxygens (including phenoxy) is 1. The minimum absolute atomic E-state index is 0.0234. The minimum atomic E-state index is -0.616. The number of nitro groups is 1. The summed E-state index contributed by atoms with van der Waals surface area (Å²) in [6.07, 6.45) is 0. The topological polar surface area (TPSA) is 124 Å². The van der Waals surface area contributed by atoms with Crippen LogP contribution in [0, 0.1) is 10.1 Å². The number of nitrogens with zero attached hydrogens (tertiary/aromatic N) is 3. The molecule has 9 heteroatoms. The number of aromatic nitrogens is 1. The van der Waals surface area contributed by atoms with Crippen LogP contribution < -0.4 is 10.5 Å². The lowest BCUT2D eigenvalue weighted by atomic mass is 10.3. The standard InChI is InChI=1S/C12H9ClN4O4/c13-7-3-1-5-9(17(19)20)11(7)21-10-6-2-4-8(15-10)12(14)16-18/h1-6,18H,(H2,14,16). The first-order valence-electron chi connectivity index (χ1n) is 5.58. The van der Waals surface area contributed by atoms with Crippen molar-refractivity contribution in [2.24, 2.45) is 10.9 Å². The highest BCUT2D eigenvalue weighted by Crippen LogP contribution is 2.37. The molecule has 0 unspecified atom stereocenters. The number of nitrogens with two attached hydrogens (primary N) is 1. The van der Waals surface area contributed by atoms with Gasteiger partial charge in [-0.2, -0.15) is 0 Å². The Kier molecular flexibility index (Phi) is 4.19. The zero-order chi connectivity index (χ0) is 15.4. The number of nitro benzene ring substituents is 1. The molecule has 8 nitrogen and oxygen atoms in total. The van der Waals surface area contributed by atoms with Gasteiger partial charge in [0.05, 0.1) is 9.95 Å². The fourth-order valence-corrected chi connectivity index (χ4v) is 1.72. The molecular weight excluding hydrogens is 300 g/mol. The smallest absolute Gasteiger partial charge is 0.313 e. The molecule has 21 heavy (non-hydrogen) atoms. The fraction of sp³-hybridized carbons (Fsp3) is 0. The van der Waals surface area contributed by atoms with Gasteiger partial charge in [0, 0.05) is 12.1 Å². The molecular formula is C12H9ClN4O4. The Hall–Kier alpha value is -2.87. The normalized spacial score (nSPS) is 11.2. The molecule has 3 N–H and O–H groups in total. The van der Waals surface area contributed by atoms with Crippen molar-refractivity contribution >= 4 is 23.1 Å². The van der Waals surface area contributed by atoms with Gasteiger partial charge < -0.3 is 15.7 Å². The molecule has 0 saturated carbocycles. The highest BCUT2D eigenvalue weighted by molar-refractivity contribution is 6.32. The monoisotopic (exact) mass is 308 g/mol. The van der Waals surface area contributed by atoms with Gasteiger partial charge >= 0.3 is 5.69 Å². The van der Waals surface area contributed by atoms with Crippen LogP contribution in [0.25, 0.3) is 0 Å². The first kappa shape index (κ1) is 14.5. The molecule has 0 spiro atoms. The summed E-state index contributed by atoms with van der Waals surface area (Å²) in [6, 6.07) is 8.64. The summed E-state index contributed by atoms with van der Waals surface area (Å²) in [5, 5.41) is 22.4. The van der Waals surface area contributed by atoms with Gasteiger partial charge in [-0.05, 0) is 12.1 Å². The van der Waals surface area contributed by atoms with Crippen molar-refractivity contribution in [3.8, 4) is 11.6 Å². The highest BCUT2D eigenvalue weighted by atomic mass is 35.5. The van der Waals surface area contributed by atoms with Crippen molar-refractivity contribution in [3.63, 3.8) is 0 Å². The number of halogens is 1. The second-order valence-corrected chi connectivity index (χ2v) is 4.20. The van der Waals surface area contributed by atoms with E-state index < -0.39 is 4.92 Å². The average Bonchev–Trinajstić information content (AvgIpc) is 2.48. The minimum Gasteiger partial charge on any atom is -0.430 e. The molecule has 0 saturated heterocycles. The average molecular weight is 309 g/mol. The molecule has 0 radical (unpaired) electrons. The van der Waals surface area contributed by atoms with Crippen molar-refractivity contribution in [2.75, 3.05) is 0 Å². The number of pyridine rings is 1. The molecule has 1 aromatic carbocycles. The molecule has 2 rings (SSSR count). The van der Waals surface area contributed by atoms with Crippen LogP contribution in [0.15, 0.2) is 41.6 Å². The summed E-state index contributed by atoms with van der Waals surface area (Å²) >= 11 is 5.91. The highest BCUT2D eigenvalue weighted by Gasteiger charge is 2.19. The largest absolute Gasteiger partial charge is 0.430 e. The second kappa shape index (κ2) is 6.06. The lowest BCUT2D eigenvalue weighted by molar-refractivity contribution is -0.385. The van der Waals surface area contributed by atoms with E-state index in [-0.39, 0.29) is 33.9 Å². The van der Waals surface area contributed by atoms with E-state index in [1.807, 2.05) is 0 Å². The molecule has 0 amide bonds. The number of benzene rings is 1. The Morgan fingerprint density at radius 1 is 1.38 bits per heavy atom. The van der Waals surface area contributed by atoms with Crippen molar-refractivity contribution in [1.82, 2.24) is 4.98 Å². The van der Waals surface area contributed by atoms with Gasteiger partial charge in [-0.1, -0.05) is 28.9 Å². The summed E-state index contributed by atoms with van der Waals surface area (Å²) in [5.41, 5.74) is 5.28. The number of oxime groups is 1. The molecule has 0 bridgehead atoms. The maximum Gasteiger partial charge on any atom is 0.313 e. The number of rotatable bonds is 4. The molecule has 0 aliphatic carbocycles. The molecule has 2 aromatic rings. The van der Waals surface area contributed by atoms with Crippen LogP contribution in [0.1, 0.15) is 5.69 Å². The molecule has 108 valence electrons. The SMILES string of the molecule is N/C(=N/O)c1cccc(Oc2c(Cl)cccc2[N+](=O)[O-])n1. The third-order valence-electron chi connectivity index (χ3n) is 2.44. The molecule has 0 aliphatic heterocycles. The van der Waals surface area contributed by atoms with E-state index in [1.165, 1.54) is 30.3 Å². The molecule has 1 aromatic heterocycles. The van der Waals surface area contributed by atoms with E-state index >= 15 is 0 Å². The Morgan fingerprint density at radius 3 is 2.76 bits per heavy atom. The van der Waals surface area contributed by atoms with E-state index in [1.54, 1.807) is 6.07 Å². The van der Waals surface area contributed by atoms with Crippen LogP contribution in [0.3, 0.4) is 0 Å². The molecule has 0 aliphatic rings. The van der Waals surface area contributed by atoms with Crippen molar-refractivity contribution in [1.29, 1.82) is 0 Å². The third-order valence-corrected chi connectivity index (χ3v) is 2.74. The summed E-state index contributed by atoms with van der Waals surface area (Å²) in [5.74, 6) is -0.322. The maximum atomic E-state index is 11.0. The van der Waals surface area contributed by atoms with Crippen molar-refractivity contribution in [3.05, 3.63) is 57.2 Å². The Balaban J connectivity index is 2.41. The lowest BCUT2D eigenvalue weighted by Crippen LogP contribution is -2.15. The van der Waals surface area contributed by atoms with E-state index in [2.05, 4.69) is 10.1 Å². The van der Waals surface area contributed by atoms with Crippen molar-refractivity contribution in [2.45, 2.75) is 0 Å². The third kappa shape index (κ3) is 3.18. The van der Waals surface area contributed by atoms with Crippen LogP contribution in [0.5, 0.6) is 11.6 Å². The molecule has 0 atom stereocenters. The van der Waals surface area contributed by atoms with Gasteiger partial charge in [-0.15, -0.1) is 0 Å². The summed E-state index contributed by atoms with van der Waals surface area (Å²) in [4.78, 5) is 14.3. The van der Waals surface area contributed by atoms with Gasteiger partial charge in [0.25, 0.3) is 0 Å². The number of hydrogen-bond donors (Lipinski definition) is 2. The predicted octanol–water partition coefficient (Wildman–Crippen LogP) is 2.53. The Labute approximate surface area is 123 Å². The molecule has 1 heterocycles. The summed E-state index contributed by atoms with van der Waals surface area (Å²) < 4.78 is 5.36. The first-order valence-corrected chi connectivity index (χ1v) is 5.96. The lowest BCUT2D eigenvalue weighted by Gasteiger charge is -2.08. The van der Waals surface area contributed by atoms with E-state index in [0.29, 0.717) is 0 Å². The van der Waals surface area contributed by atoms with Gasteiger partial charge in [0.1, 0.15) is 5.69 Å². The second-order valence-electron chi connectivity index (χ2n) is 3.79. The number of amidine groups is 1. The summed E-state index contributed by atoms with van der Waals surface area (Å²) in [6.45, 7) is 0. The van der Waals surface area contributed by atoms with E-state index in [0.717, 1.165) is 0 Å². The fourth-order valence-electron chi connectivity index (χ4n) is 1.51. The van der Waals surface area contributed by atoms with E-state index in [4.69, 9.17) is 27.3 Å². The Bertz CT molecular complexity index is 720. The van der Waals surface area contributed by atoms with E-state index in [9.17, 15) is 10.1 Å². The van der Waals surface area contributed by atoms with Gasteiger partial charge in [0.15, 0.2) is 5.84 Å². The zero-order valence-corrected chi connectivity index (χ0v) is 11.2. The number of hydrogen-bond acceptors (Lipinski definition) is 6. The van der Waals surface area contributed by atoms with Crippen LogP contribution in [-0.2, 0) is 0 Å². The Morgan fingerprint density at radius 2 is 2.10 bits per heavy atom. The van der Waals surface area contributed by atoms with Crippen LogP contribution in [0.2, 0.25) is 5.02 Å². The summed E-state index contributed by atoms with van der Waals surface area (Å²) in [7, 11) is 0. The van der Waals surface area contributed by atoms with Gasteiger partial charge in [0.2, 0.25) is 11.6 Å². The van der Waals surface area contributed by atoms with Gasteiger partial charge in [-0.3, -0.25) is 10.1 Å². The molecule has 0 fully saturated rings. The number of para-hydroxylation sites is 1. The predicted molar refractivity (Wildman–Crippen MR) is 74.9 cm³/mol.